The van der Waals surface area contributed by atoms with Crippen LogP contribution in [0.1, 0.15) is 36.6 Å². The second kappa shape index (κ2) is 14.4. The number of nitrogens with zero attached hydrogens (tertiary/aromatic N) is 1. The molecule has 2 heterocycles. The van der Waals surface area contributed by atoms with E-state index in [1.807, 2.05) is 25.1 Å². The zero-order chi connectivity index (χ0) is 41.2. The summed E-state index contributed by atoms with van der Waals surface area (Å²) in [7, 11) is 3.70. The summed E-state index contributed by atoms with van der Waals surface area (Å²) in [5, 5.41) is 42.7. The Kier molecular flexibility index (Phi) is 9.38. The molecular formula is C44H29Cl2N3O9. The lowest BCUT2D eigenvalue weighted by Crippen LogP contribution is -2.24. The summed E-state index contributed by atoms with van der Waals surface area (Å²) < 4.78 is 12.1. The zero-order valence-corrected chi connectivity index (χ0v) is 32.0. The summed E-state index contributed by atoms with van der Waals surface area (Å²) in [5.41, 5.74) is 2.83. The molecule has 2 aliphatic carbocycles. The van der Waals surface area contributed by atoms with Gasteiger partial charge in [-0.2, -0.15) is 0 Å². The Balaban J connectivity index is 1.22. The van der Waals surface area contributed by atoms with Crippen molar-refractivity contribution in [2.24, 2.45) is 0 Å². The Bertz CT molecular complexity index is 3120. The number of carboxylic acids is 2. The van der Waals surface area contributed by atoms with Crippen LogP contribution in [0.25, 0.3) is 66.8 Å². The van der Waals surface area contributed by atoms with Gasteiger partial charge in [0, 0.05) is 89.2 Å². The monoisotopic (exact) mass is 813 g/mol. The maximum Gasteiger partial charge on any atom is 0.337 e. The van der Waals surface area contributed by atoms with Crippen molar-refractivity contribution in [3.63, 3.8) is 0 Å². The Morgan fingerprint density at radius 1 is 0.707 bits per heavy atom. The van der Waals surface area contributed by atoms with E-state index in [9.17, 15) is 34.5 Å². The van der Waals surface area contributed by atoms with Crippen molar-refractivity contribution >= 4 is 68.7 Å². The molecule has 12 nitrogen and oxygen atoms in total. The van der Waals surface area contributed by atoms with Gasteiger partial charge in [-0.05, 0) is 71.8 Å². The average Bonchev–Trinajstić information content (AvgIpc) is 3.18. The predicted octanol–water partition coefficient (Wildman–Crippen LogP) is 8.97. The van der Waals surface area contributed by atoms with Crippen LogP contribution in [0.4, 0.5) is 5.69 Å². The number of halogens is 2. The van der Waals surface area contributed by atoms with Crippen LogP contribution in [0.15, 0.2) is 111 Å². The third-order valence-corrected chi connectivity index (χ3v) is 10.6. The molecule has 5 N–H and O–H groups in total. The van der Waals surface area contributed by atoms with Gasteiger partial charge in [-0.15, -0.1) is 0 Å². The van der Waals surface area contributed by atoms with Gasteiger partial charge in [0.05, 0.1) is 32.1 Å². The van der Waals surface area contributed by atoms with Crippen LogP contribution in [0, 0.1) is 5.41 Å². The van der Waals surface area contributed by atoms with Crippen molar-refractivity contribution in [3.05, 3.63) is 145 Å². The van der Waals surface area contributed by atoms with Crippen molar-refractivity contribution in [1.82, 2.24) is 5.32 Å². The first-order valence-electron chi connectivity index (χ1n) is 17.5. The third kappa shape index (κ3) is 6.53. The third-order valence-electron chi connectivity index (χ3n) is 9.86. The number of aromatic carboxylic acids is 2. The number of phenolic OH excluding ortho intramolecular Hbond substituents is 1. The number of hydrogen-bond acceptors (Lipinski definition) is 9. The molecule has 58 heavy (non-hydrogen) atoms. The fraction of sp³-hybridized carbons (Fsp3) is 0.0682. The summed E-state index contributed by atoms with van der Waals surface area (Å²) in [6.45, 7) is -0.169. The standard InChI is InChI=1S/C44H29Cl2N3O9/c1-49(2)22-5-10-29-34(15-22)57-33-14-21(47)4-9-28(33)38(29)40-39(44(55)56)32(45)18-31(41(40)46)42(52)48-19-20-3-8-25(30(13-20)43(53)54)37-26-11-6-23(50)16-35(26)58-36-17-24(51)7-12-27(36)37/h3-18,47,50H,19H2,1-2H3,(H,48,52)(H,53,54)(H,55,56). The molecule has 1 amide bonds. The van der Waals surface area contributed by atoms with Gasteiger partial charge < -0.3 is 39.8 Å². The van der Waals surface area contributed by atoms with Crippen molar-refractivity contribution in [3.8, 4) is 50.7 Å². The van der Waals surface area contributed by atoms with Crippen molar-refractivity contribution in [1.29, 1.82) is 5.41 Å². The fourth-order valence-corrected chi connectivity index (χ4v) is 7.80. The summed E-state index contributed by atoms with van der Waals surface area (Å²) >= 11 is 13.7. The van der Waals surface area contributed by atoms with Gasteiger partial charge in [0.2, 0.25) is 0 Å². The van der Waals surface area contributed by atoms with E-state index in [1.54, 1.807) is 42.5 Å². The molecule has 4 aromatic carbocycles. The van der Waals surface area contributed by atoms with Gasteiger partial charge >= 0.3 is 11.9 Å². The van der Waals surface area contributed by atoms with E-state index < -0.39 is 17.8 Å². The molecule has 0 aromatic heterocycles. The van der Waals surface area contributed by atoms with Gasteiger partial charge in [-0.1, -0.05) is 35.3 Å². The summed E-state index contributed by atoms with van der Waals surface area (Å²) in [6, 6.07) is 24.4. The first kappa shape index (κ1) is 37.8. The number of fused-ring (bicyclic) bond motifs is 4. The quantitative estimate of drug-likeness (QED) is 0.0925. The Labute approximate surface area is 337 Å². The highest BCUT2D eigenvalue weighted by molar-refractivity contribution is 6.41. The van der Waals surface area contributed by atoms with E-state index in [4.69, 9.17) is 37.4 Å². The summed E-state index contributed by atoms with van der Waals surface area (Å²) in [6.07, 6.45) is 0. The van der Waals surface area contributed by atoms with Crippen LogP contribution >= 0.6 is 23.2 Å². The second-order valence-electron chi connectivity index (χ2n) is 13.7. The lowest BCUT2D eigenvalue weighted by molar-refractivity contribution is 0.0687. The van der Waals surface area contributed by atoms with E-state index in [-0.39, 0.29) is 72.5 Å². The molecule has 0 saturated carbocycles. The van der Waals surface area contributed by atoms with Crippen LogP contribution in [0.5, 0.6) is 5.75 Å². The van der Waals surface area contributed by atoms with Crippen LogP contribution < -0.4 is 21.0 Å². The lowest BCUT2D eigenvalue weighted by Gasteiger charge is -2.21. The number of benzene rings is 6. The number of carbonyl (C=O) groups is 3. The smallest absolute Gasteiger partial charge is 0.337 e. The number of nitrogens with one attached hydrogen (secondary N) is 2. The van der Waals surface area contributed by atoms with Crippen molar-refractivity contribution in [2.45, 2.75) is 6.54 Å². The highest BCUT2D eigenvalue weighted by Gasteiger charge is 2.30. The Morgan fingerprint density at radius 3 is 2.09 bits per heavy atom. The van der Waals surface area contributed by atoms with Gasteiger partial charge in [0.1, 0.15) is 28.4 Å². The molecule has 0 bridgehead atoms. The largest absolute Gasteiger partial charge is 0.508 e. The van der Waals surface area contributed by atoms with E-state index in [0.717, 1.165) is 5.69 Å². The normalized spacial score (nSPS) is 11.4. The number of amides is 1. The minimum absolute atomic E-state index is 0.0306. The topological polar surface area (TPSA) is 194 Å². The number of carbonyl (C=O) groups excluding carboxylic acids is 1. The van der Waals surface area contributed by atoms with E-state index >= 15 is 0 Å². The maximum absolute atomic E-state index is 14.0. The first-order chi connectivity index (χ1) is 27.7. The minimum atomic E-state index is -1.39. The van der Waals surface area contributed by atoms with Crippen LogP contribution in [-0.2, 0) is 6.54 Å². The van der Waals surface area contributed by atoms with Gasteiger partial charge in [-0.25, -0.2) is 9.59 Å². The number of anilines is 1. The lowest BCUT2D eigenvalue weighted by atomic mass is 9.89. The molecule has 14 heteroatoms. The fourth-order valence-electron chi connectivity index (χ4n) is 7.18. The highest BCUT2D eigenvalue weighted by atomic mass is 35.5. The molecule has 0 unspecified atom stereocenters. The highest BCUT2D eigenvalue weighted by Crippen LogP contribution is 2.47. The molecule has 0 radical (unpaired) electrons. The Hall–Kier alpha value is -7.15. The van der Waals surface area contributed by atoms with E-state index in [2.05, 4.69) is 5.32 Å². The molecular weight excluding hydrogens is 785 g/mol. The van der Waals surface area contributed by atoms with E-state index in [1.165, 1.54) is 48.5 Å². The summed E-state index contributed by atoms with van der Waals surface area (Å²) in [4.78, 5) is 53.7. The molecule has 4 aromatic rings. The minimum Gasteiger partial charge on any atom is -0.508 e. The Morgan fingerprint density at radius 2 is 1.36 bits per heavy atom. The second-order valence-corrected chi connectivity index (χ2v) is 14.5. The molecule has 0 spiro atoms. The first-order valence-corrected chi connectivity index (χ1v) is 18.3. The van der Waals surface area contributed by atoms with Gasteiger partial charge in [0.25, 0.3) is 5.91 Å². The zero-order valence-electron chi connectivity index (χ0n) is 30.4. The molecule has 0 atom stereocenters. The number of rotatable bonds is 8. The molecule has 4 aliphatic rings. The SMILES string of the molecule is CN(C)c1ccc2c(-c3c(Cl)c(C(=O)NCc4ccc(-c5c6ccc(=O)cc-6oc6cc(O)ccc56)c(C(=O)O)c4)cc(Cl)c3C(=O)O)c3ccc(=N)cc-3oc2c1. The van der Waals surface area contributed by atoms with Crippen molar-refractivity contribution < 1.29 is 38.5 Å². The van der Waals surface area contributed by atoms with Crippen LogP contribution in [0.3, 0.4) is 0 Å². The molecule has 0 saturated heterocycles. The predicted molar refractivity (Wildman–Crippen MR) is 220 cm³/mol. The molecule has 2 aliphatic heterocycles. The number of aromatic hydroxyl groups is 1. The van der Waals surface area contributed by atoms with Gasteiger partial charge in [-0.3, -0.25) is 9.59 Å². The molecule has 8 rings (SSSR count). The number of hydrogen-bond donors (Lipinski definition) is 5. The number of carboxylic acid groups (broad SMARTS) is 2. The van der Waals surface area contributed by atoms with Crippen LogP contribution in [-0.4, -0.2) is 47.3 Å². The van der Waals surface area contributed by atoms with Crippen LogP contribution in [0.2, 0.25) is 10.0 Å². The summed E-state index contributed by atoms with van der Waals surface area (Å²) in [5.74, 6) is -2.99. The molecule has 0 fully saturated rings. The number of phenols is 1. The van der Waals surface area contributed by atoms with Crippen molar-refractivity contribution in [2.75, 3.05) is 19.0 Å². The average molecular weight is 815 g/mol. The van der Waals surface area contributed by atoms with E-state index in [0.29, 0.717) is 49.7 Å². The maximum atomic E-state index is 14.0. The van der Waals surface area contributed by atoms with Gasteiger partial charge in [0.15, 0.2) is 5.43 Å². The molecule has 288 valence electrons.